The highest BCUT2D eigenvalue weighted by molar-refractivity contribution is 7.22. The van der Waals surface area contributed by atoms with E-state index in [2.05, 4.69) is 16.0 Å². The van der Waals surface area contributed by atoms with Gasteiger partial charge in [0.05, 0.1) is 23.5 Å². The van der Waals surface area contributed by atoms with Gasteiger partial charge >= 0.3 is 0 Å². The van der Waals surface area contributed by atoms with Crippen molar-refractivity contribution < 1.29 is 4.74 Å². The van der Waals surface area contributed by atoms with Gasteiger partial charge in [-0.25, -0.2) is 4.98 Å². The number of hydrogen-bond acceptors (Lipinski definition) is 5. The SMILES string of the molecule is COc1cnccc1-c1ccc2nc(N)sc2c1. The van der Waals surface area contributed by atoms with Gasteiger partial charge in [-0.15, -0.1) is 0 Å². The molecule has 0 radical (unpaired) electrons. The number of pyridine rings is 1. The molecule has 18 heavy (non-hydrogen) atoms. The number of ether oxygens (including phenoxy) is 1. The van der Waals surface area contributed by atoms with Crippen LogP contribution < -0.4 is 10.5 Å². The van der Waals surface area contributed by atoms with E-state index >= 15 is 0 Å². The molecular formula is C13H11N3OS. The summed E-state index contributed by atoms with van der Waals surface area (Å²) in [4.78, 5) is 8.30. The zero-order valence-corrected chi connectivity index (χ0v) is 10.6. The molecule has 2 N–H and O–H groups in total. The van der Waals surface area contributed by atoms with E-state index in [4.69, 9.17) is 10.5 Å². The monoisotopic (exact) mass is 257 g/mol. The number of thiazole rings is 1. The number of rotatable bonds is 2. The third kappa shape index (κ3) is 1.78. The fraction of sp³-hybridized carbons (Fsp3) is 0.0769. The van der Waals surface area contributed by atoms with Gasteiger partial charge < -0.3 is 10.5 Å². The van der Waals surface area contributed by atoms with E-state index in [1.807, 2.05) is 18.2 Å². The quantitative estimate of drug-likeness (QED) is 0.766. The van der Waals surface area contributed by atoms with Gasteiger partial charge in [-0.2, -0.15) is 0 Å². The van der Waals surface area contributed by atoms with E-state index in [0.717, 1.165) is 27.1 Å². The van der Waals surface area contributed by atoms with Gasteiger partial charge in [-0.1, -0.05) is 17.4 Å². The molecule has 0 unspecified atom stereocenters. The molecule has 0 saturated carbocycles. The van der Waals surface area contributed by atoms with Crippen LogP contribution >= 0.6 is 11.3 Å². The molecule has 2 heterocycles. The summed E-state index contributed by atoms with van der Waals surface area (Å²) in [5, 5.41) is 0.587. The van der Waals surface area contributed by atoms with E-state index in [0.29, 0.717) is 5.13 Å². The maximum Gasteiger partial charge on any atom is 0.181 e. The number of fused-ring (bicyclic) bond motifs is 1. The van der Waals surface area contributed by atoms with Crippen molar-refractivity contribution in [2.45, 2.75) is 0 Å². The molecule has 5 heteroatoms. The summed E-state index contributed by atoms with van der Waals surface area (Å²) < 4.78 is 6.39. The summed E-state index contributed by atoms with van der Waals surface area (Å²) in [6, 6.07) is 7.99. The molecule has 0 saturated heterocycles. The number of nitrogen functional groups attached to an aromatic ring is 1. The highest BCUT2D eigenvalue weighted by atomic mass is 32.1. The van der Waals surface area contributed by atoms with Crippen LogP contribution in [0.15, 0.2) is 36.7 Å². The Morgan fingerprint density at radius 2 is 2.17 bits per heavy atom. The Morgan fingerprint density at radius 1 is 1.28 bits per heavy atom. The highest BCUT2D eigenvalue weighted by Gasteiger charge is 2.08. The molecule has 0 aliphatic heterocycles. The van der Waals surface area contributed by atoms with Crippen molar-refractivity contribution >= 4 is 26.7 Å². The molecule has 4 nitrogen and oxygen atoms in total. The molecule has 1 aromatic carbocycles. The third-order valence-electron chi connectivity index (χ3n) is 2.72. The zero-order chi connectivity index (χ0) is 12.5. The fourth-order valence-corrected chi connectivity index (χ4v) is 2.66. The Labute approximate surface area is 108 Å². The zero-order valence-electron chi connectivity index (χ0n) is 9.75. The molecule has 0 aliphatic rings. The second-order valence-corrected chi connectivity index (χ2v) is 4.87. The Balaban J connectivity index is 2.18. The lowest BCUT2D eigenvalue weighted by Crippen LogP contribution is -1.88. The number of methoxy groups -OCH3 is 1. The van der Waals surface area contributed by atoms with Crippen LogP contribution in [-0.2, 0) is 0 Å². The molecule has 0 bridgehead atoms. The lowest BCUT2D eigenvalue weighted by atomic mass is 10.1. The average molecular weight is 257 g/mol. The molecule has 90 valence electrons. The minimum absolute atomic E-state index is 0.587. The molecule has 3 aromatic rings. The second kappa shape index (κ2) is 4.27. The second-order valence-electron chi connectivity index (χ2n) is 3.81. The standard InChI is InChI=1S/C13H11N3OS/c1-17-11-7-15-5-4-9(11)8-2-3-10-12(6-8)18-13(14)16-10/h2-7H,1H3,(H2,14,16). The number of nitrogens with zero attached hydrogens (tertiary/aromatic N) is 2. The van der Waals surface area contributed by atoms with Crippen LogP contribution in [0.5, 0.6) is 5.75 Å². The average Bonchev–Trinajstić information content (AvgIpc) is 2.77. The smallest absolute Gasteiger partial charge is 0.181 e. The van der Waals surface area contributed by atoms with Crippen LogP contribution in [0.2, 0.25) is 0 Å². The van der Waals surface area contributed by atoms with E-state index in [9.17, 15) is 0 Å². The van der Waals surface area contributed by atoms with Crippen LogP contribution in [0.4, 0.5) is 5.13 Å². The van der Waals surface area contributed by atoms with Crippen molar-refractivity contribution in [1.29, 1.82) is 0 Å². The summed E-state index contributed by atoms with van der Waals surface area (Å²) in [7, 11) is 1.64. The Kier molecular flexibility index (Phi) is 2.60. The maximum atomic E-state index is 5.71. The van der Waals surface area contributed by atoms with Gasteiger partial charge in [-0.3, -0.25) is 4.98 Å². The normalized spacial score (nSPS) is 10.7. The van der Waals surface area contributed by atoms with Crippen molar-refractivity contribution in [3.05, 3.63) is 36.7 Å². The summed E-state index contributed by atoms with van der Waals surface area (Å²) in [5.74, 6) is 0.759. The molecule has 3 rings (SSSR count). The predicted molar refractivity (Wildman–Crippen MR) is 73.8 cm³/mol. The number of benzene rings is 1. The molecular weight excluding hydrogens is 246 g/mol. The first-order valence-corrected chi connectivity index (χ1v) is 6.24. The number of aromatic nitrogens is 2. The van der Waals surface area contributed by atoms with Crippen molar-refractivity contribution in [3.8, 4) is 16.9 Å². The fourth-order valence-electron chi connectivity index (χ4n) is 1.89. The molecule has 0 atom stereocenters. The van der Waals surface area contributed by atoms with Crippen molar-refractivity contribution in [2.75, 3.05) is 12.8 Å². The van der Waals surface area contributed by atoms with Gasteiger partial charge in [0.1, 0.15) is 5.75 Å². The minimum atomic E-state index is 0.587. The van der Waals surface area contributed by atoms with Crippen molar-refractivity contribution in [3.63, 3.8) is 0 Å². The Morgan fingerprint density at radius 3 is 3.00 bits per heavy atom. The summed E-state index contributed by atoms with van der Waals surface area (Å²) in [6.07, 6.45) is 3.46. The molecule has 0 fully saturated rings. The van der Waals surface area contributed by atoms with Crippen molar-refractivity contribution in [2.24, 2.45) is 0 Å². The van der Waals surface area contributed by atoms with Crippen LogP contribution in [0.3, 0.4) is 0 Å². The summed E-state index contributed by atoms with van der Waals surface area (Å²) in [6.45, 7) is 0. The number of hydrogen-bond donors (Lipinski definition) is 1. The molecule has 2 aromatic heterocycles. The lowest BCUT2D eigenvalue weighted by Gasteiger charge is -2.07. The van der Waals surface area contributed by atoms with Crippen LogP contribution in [0.1, 0.15) is 0 Å². The van der Waals surface area contributed by atoms with Gasteiger partial charge in [0.2, 0.25) is 0 Å². The predicted octanol–water partition coefficient (Wildman–Crippen LogP) is 2.95. The number of nitrogens with two attached hydrogens (primary N) is 1. The molecule has 0 amide bonds. The maximum absolute atomic E-state index is 5.71. The van der Waals surface area contributed by atoms with E-state index in [-0.39, 0.29) is 0 Å². The van der Waals surface area contributed by atoms with Gasteiger partial charge in [0.25, 0.3) is 0 Å². The minimum Gasteiger partial charge on any atom is -0.494 e. The largest absolute Gasteiger partial charge is 0.494 e. The first kappa shape index (κ1) is 11.0. The van der Waals surface area contributed by atoms with Crippen LogP contribution in [0.25, 0.3) is 21.3 Å². The molecule has 0 aliphatic carbocycles. The highest BCUT2D eigenvalue weighted by Crippen LogP contribution is 2.33. The lowest BCUT2D eigenvalue weighted by molar-refractivity contribution is 0.414. The van der Waals surface area contributed by atoms with E-state index in [1.54, 1.807) is 19.5 Å². The summed E-state index contributed by atoms with van der Waals surface area (Å²) in [5.41, 5.74) is 8.72. The van der Waals surface area contributed by atoms with Crippen molar-refractivity contribution in [1.82, 2.24) is 9.97 Å². The van der Waals surface area contributed by atoms with E-state index < -0.39 is 0 Å². The topological polar surface area (TPSA) is 61.0 Å². The first-order valence-electron chi connectivity index (χ1n) is 5.42. The van der Waals surface area contributed by atoms with Gasteiger partial charge in [0.15, 0.2) is 5.13 Å². The van der Waals surface area contributed by atoms with Gasteiger partial charge in [-0.05, 0) is 23.8 Å². The van der Waals surface area contributed by atoms with Crippen LogP contribution in [-0.4, -0.2) is 17.1 Å². The van der Waals surface area contributed by atoms with E-state index in [1.165, 1.54) is 11.3 Å². The summed E-state index contributed by atoms with van der Waals surface area (Å²) >= 11 is 1.48. The Bertz CT molecular complexity index is 708. The van der Waals surface area contributed by atoms with Crippen LogP contribution in [0, 0.1) is 0 Å². The molecule has 0 spiro atoms. The third-order valence-corrected chi connectivity index (χ3v) is 3.57. The first-order chi connectivity index (χ1) is 8.78. The van der Waals surface area contributed by atoms with Gasteiger partial charge in [0, 0.05) is 11.8 Å². The number of anilines is 1. The Hall–Kier alpha value is -2.14.